The first-order valence-corrected chi connectivity index (χ1v) is 8.44. The Morgan fingerprint density at radius 1 is 1.12 bits per heavy atom. The highest BCUT2D eigenvalue weighted by Crippen LogP contribution is 2.41. The second-order valence-electron chi connectivity index (χ2n) is 6.07. The van der Waals surface area contributed by atoms with Gasteiger partial charge in [-0.25, -0.2) is 9.59 Å². The molecule has 1 saturated carbocycles. The molecular formula is C19H19ClN2O3. The zero-order valence-electron chi connectivity index (χ0n) is 13.8. The maximum Gasteiger partial charge on any atom is 0.337 e. The number of benzene rings is 2. The molecule has 0 saturated heterocycles. The molecule has 0 radical (unpaired) electrons. The summed E-state index contributed by atoms with van der Waals surface area (Å²) in [7, 11) is 1.30. The molecule has 5 nitrogen and oxygen atoms in total. The average molecular weight is 359 g/mol. The van der Waals surface area contributed by atoms with Gasteiger partial charge in [-0.05, 0) is 43.0 Å². The summed E-state index contributed by atoms with van der Waals surface area (Å²) in [5, 5.41) is 6.15. The van der Waals surface area contributed by atoms with Gasteiger partial charge in [0.2, 0.25) is 0 Å². The van der Waals surface area contributed by atoms with E-state index in [1.54, 1.807) is 12.1 Å². The lowest BCUT2D eigenvalue weighted by atomic mass is 9.72. The number of amides is 2. The van der Waals surface area contributed by atoms with Crippen LogP contribution in [-0.2, 0) is 10.3 Å². The van der Waals surface area contributed by atoms with Crippen molar-refractivity contribution in [3.8, 4) is 0 Å². The molecule has 1 aliphatic rings. The standard InChI is InChI=1S/C19H19ClN2O3/c1-25-17(23)13-8-9-15(20)16(12-13)21-18(24)22-19(10-5-11-19)14-6-3-2-4-7-14/h2-4,6-9,12H,5,10-11H2,1H3,(H2,21,22,24). The predicted molar refractivity (Wildman–Crippen MR) is 96.9 cm³/mol. The van der Waals surface area contributed by atoms with Crippen molar-refractivity contribution < 1.29 is 14.3 Å². The van der Waals surface area contributed by atoms with Crippen LogP contribution in [0.1, 0.15) is 35.2 Å². The number of hydrogen-bond acceptors (Lipinski definition) is 3. The third kappa shape index (κ3) is 3.61. The maximum atomic E-state index is 12.5. The van der Waals surface area contributed by atoms with Crippen LogP contribution < -0.4 is 10.6 Å². The van der Waals surface area contributed by atoms with E-state index in [1.807, 2.05) is 30.3 Å². The summed E-state index contributed by atoms with van der Waals surface area (Å²) in [6, 6.07) is 14.2. The second kappa shape index (κ2) is 7.15. The van der Waals surface area contributed by atoms with E-state index >= 15 is 0 Å². The fourth-order valence-electron chi connectivity index (χ4n) is 3.01. The van der Waals surface area contributed by atoms with E-state index in [-0.39, 0.29) is 11.6 Å². The van der Waals surface area contributed by atoms with Gasteiger partial charge in [0.05, 0.1) is 28.9 Å². The Kier molecular flexibility index (Phi) is 4.95. The summed E-state index contributed by atoms with van der Waals surface area (Å²) >= 11 is 6.13. The fourth-order valence-corrected chi connectivity index (χ4v) is 3.17. The zero-order chi connectivity index (χ0) is 17.9. The number of rotatable bonds is 4. The molecule has 0 unspecified atom stereocenters. The summed E-state index contributed by atoms with van der Waals surface area (Å²) in [5.41, 5.74) is 1.43. The Morgan fingerprint density at radius 2 is 1.84 bits per heavy atom. The van der Waals surface area contributed by atoms with Crippen LogP contribution in [0.5, 0.6) is 0 Å². The van der Waals surface area contributed by atoms with Gasteiger partial charge in [0.1, 0.15) is 0 Å². The molecule has 1 fully saturated rings. The third-order valence-electron chi connectivity index (χ3n) is 4.52. The lowest BCUT2D eigenvalue weighted by Crippen LogP contribution is -2.52. The van der Waals surface area contributed by atoms with Crippen LogP contribution in [0, 0.1) is 0 Å². The number of carbonyl (C=O) groups excluding carboxylic acids is 2. The van der Waals surface area contributed by atoms with E-state index < -0.39 is 5.97 Å². The van der Waals surface area contributed by atoms with Gasteiger partial charge in [-0.3, -0.25) is 0 Å². The normalized spacial score (nSPS) is 15.0. The van der Waals surface area contributed by atoms with Crippen molar-refractivity contribution in [1.29, 1.82) is 0 Å². The quantitative estimate of drug-likeness (QED) is 0.799. The van der Waals surface area contributed by atoms with E-state index in [0.29, 0.717) is 16.3 Å². The molecule has 6 heteroatoms. The first-order chi connectivity index (χ1) is 12.0. The highest BCUT2D eigenvalue weighted by atomic mass is 35.5. The predicted octanol–water partition coefficient (Wildman–Crippen LogP) is 4.33. The molecule has 2 amide bonds. The average Bonchev–Trinajstić information content (AvgIpc) is 2.60. The van der Waals surface area contributed by atoms with Gasteiger partial charge in [-0.15, -0.1) is 0 Å². The molecule has 3 rings (SSSR count). The van der Waals surface area contributed by atoms with Crippen molar-refractivity contribution in [3.05, 3.63) is 64.7 Å². The number of methoxy groups -OCH3 is 1. The lowest BCUT2D eigenvalue weighted by molar-refractivity contribution is 0.0600. The molecule has 130 valence electrons. The van der Waals surface area contributed by atoms with Gasteiger partial charge in [-0.1, -0.05) is 41.9 Å². The third-order valence-corrected chi connectivity index (χ3v) is 4.85. The molecule has 0 aliphatic heterocycles. The van der Waals surface area contributed by atoms with Gasteiger partial charge >= 0.3 is 12.0 Å². The summed E-state index contributed by atoms with van der Waals surface area (Å²) in [4.78, 5) is 24.1. The largest absolute Gasteiger partial charge is 0.465 e. The number of esters is 1. The Morgan fingerprint density at radius 3 is 2.44 bits per heavy atom. The number of halogens is 1. The fraction of sp³-hybridized carbons (Fsp3) is 0.263. The van der Waals surface area contributed by atoms with Gasteiger partial charge in [0, 0.05) is 0 Å². The second-order valence-corrected chi connectivity index (χ2v) is 6.47. The summed E-state index contributed by atoms with van der Waals surface area (Å²) < 4.78 is 4.69. The zero-order valence-corrected chi connectivity index (χ0v) is 14.6. The molecule has 0 heterocycles. The minimum Gasteiger partial charge on any atom is -0.465 e. The van der Waals surface area contributed by atoms with Crippen LogP contribution in [0.15, 0.2) is 48.5 Å². The van der Waals surface area contributed by atoms with Crippen molar-refractivity contribution in [2.75, 3.05) is 12.4 Å². The molecule has 0 spiro atoms. The van der Waals surface area contributed by atoms with Crippen molar-refractivity contribution in [1.82, 2.24) is 5.32 Å². The first-order valence-electron chi connectivity index (χ1n) is 8.07. The number of carbonyl (C=O) groups is 2. The van der Waals surface area contributed by atoms with Crippen LogP contribution in [-0.4, -0.2) is 19.1 Å². The van der Waals surface area contributed by atoms with E-state index in [4.69, 9.17) is 16.3 Å². The van der Waals surface area contributed by atoms with Gasteiger partial charge in [0.15, 0.2) is 0 Å². The number of anilines is 1. The molecule has 2 N–H and O–H groups in total. The van der Waals surface area contributed by atoms with Crippen LogP contribution in [0.25, 0.3) is 0 Å². The molecule has 0 aromatic heterocycles. The highest BCUT2D eigenvalue weighted by molar-refractivity contribution is 6.33. The Balaban J connectivity index is 1.75. The molecule has 2 aromatic carbocycles. The highest BCUT2D eigenvalue weighted by Gasteiger charge is 2.40. The SMILES string of the molecule is COC(=O)c1ccc(Cl)c(NC(=O)NC2(c3ccccc3)CCC2)c1. The van der Waals surface area contributed by atoms with E-state index in [0.717, 1.165) is 24.8 Å². The lowest BCUT2D eigenvalue weighted by Gasteiger charge is -2.43. The molecule has 0 atom stereocenters. The molecule has 1 aliphatic carbocycles. The van der Waals surface area contributed by atoms with Gasteiger partial charge < -0.3 is 15.4 Å². The molecule has 0 bridgehead atoms. The summed E-state index contributed by atoms with van der Waals surface area (Å²) in [6.07, 6.45) is 2.84. The van der Waals surface area contributed by atoms with Crippen LogP contribution in [0.2, 0.25) is 5.02 Å². The molecular weight excluding hydrogens is 340 g/mol. The number of urea groups is 1. The van der Waals surface area contributed by atoms with Crippen LogP contribution >= 0.6 is 11.6 Å². The Labute approximate surface area is 151 Å². The van der Waals surface area contributed by atoms with Crippen LogP contribution in [0.4, 0.5) is 10.5 Å². The van der Waals surface area contributed by atoms with Crippen LogP contribution in [0.3, 0.4) is 0 Å². The topological polar surface area (TPSA) is 67.4 Å². The summed E-state index contributed by atoms with van der Waals surface area (Å²) in [6.45, 7) is 0. The number of nitrogens with one attached hydrogen (secondary N) is 2. The van der Waals surface area contributed by atoms with Gasteiger partial charge in [-0.2, -0.15) is 0 Å². The van der Waals surface area contributed by atoms with E-state index in [1.165, 1.54) is 13.2 Å². The van der Waals surface area contributed by atoms with E-state index in [9.17, 15) is 9.59 Å². The van der Waals surface area contributed by atoms with Crippen molar-refractivity contribution in [3.63, 3.8) is 0 Å². The molecule has 25 heavy (non-hydrogen) atoms. The minimum atomic E-state index is -0.486. The Hall–Kier alpha value is -2.53. The van der Waals surface area contributed by atoms with Crippen molar-refractivity contribution >= 4 is 29.3 Å². The van der Waals surface area contributed by atoms with Crippen molar-refractivity contribution in [2.24, 2.45) is 0 Å². The monoisotopic (exact) mass is 358 g/mol. The van der Waals surface area contributed by atoms with Gasteiger partial charge in [0.25, 0.3) is 0 Å². The Bertz CT molecular complexity index is 789. The number of hydrogen-bond donors (Lipinski definition) is 2. The first kappa shape index (κ1) is 17.3. The summed E-state index contributed by atoms with van der Waals surface area (Å²) in [5.74, 6) is -0.486. The minimum absolute atomic E-state index is 0.323. The maximum absolute atomic E-state index is 12.5. The molecule has 2 aromatic rings. The van der Waals surface area contributed by atoms with Crippen molar-refractivity contribution in [2.45, 2.75) is 24.8 Å². The number of ether oxygens (including phenoxy) is 1. The smallest absolute Gasteiger partial charge is 0.337 e. The van der Waals surface area contributed by atoms with E-state index in [2.05, 4.69) is 10.6 Å².